The zero-order valence-corrected chi connectivity index (χ0v) is 11.2. The van der Waals surface area contributed by atoms with E-state index in [9.17, 15) is 9.59 Å². The SMILES string of the molecule is O=C(CN1CCCCC1)NC(=O)NN=Cc1ccco1. The molecule has 2 heterocycles. The molecule has 1 aliphatic heterocycles. The van der Waals surface area contributed by atoms with Gasteiger partial charge in [0.2, 0.25) is 5.91 Å². The maximum atomic E-state index is 11.6. The average Bonchev–Trinajstić information content (AvgIpc) is 2.93. The zero-order valence-electron chi connectivity index (χ0n) is 11.2. The Hall–Kier alpha value is -2.15. The van der Waals surface area contributed by atoms with E-state index in [4.69, 9.17) is 4.42 Å². The molecule has 2 N–H and O–H groups in total. The molecule has 1 saturated heterocycles. The quantitative estimate of drug-likeness (QED) is 0.633. The average molecular weight is 278 g/mol. The number of hydrazone groups is 1. The molecular formula is C13H18N4O3. The van der Waals surface area contributed by atoms with E-state index in [1.165, 1.54) is 18.9 Å². The monoisotopic (exact) mass is 278 g/mol. The minimum absolute atomic E-state index is 0.245. The Morgan fingerprint density at radius 2 is 2.15 bits per heavy atom. The lowest BCUT2D eigenvalue weighted by Crippen LogP contribution is -2.44. The van der Waals surface area contributed by atoms with E-state index in [-0.39, 0.29) is 12.5 Å². The van der Waals surface area contributed by atoms with Gasteiger partial charge in [0.15, 0.2) is 0 Å². The van der Waals surface area contributed by atoms with E-state index in [1.807, 2.05) is 4.90 Å². The number of hydrogen-bond donors (Lipinski definition) is 2. The van der Waals surface area contributed by atoms with Crippen LogP contribution in [0.25, 0.3) is 0 Å². The standard InChI is InChI=1S/C13H18N4O3/c18-12(10-17-6-2-1-3-7-17)15-13(19)16-14-9-11-5-4-8-20-11/h4-5,8-9H,1-3,6-7,10H2,(H2,15,16,18,19). The first-order valence-corrected chi connectivity index (χ1v) is 6.63. The highest BCUT2D eigenvalue weighted by Crippen LogP contribution is 2.07. The molecule has 20 heavy (non-hydrogen) atoms. The number of hydrogen-bond acceptors (Lipinski definition) is 5. The molecule has 1 aromatic heterocycles. The van der Waals surface area contributed by atoms with E-state index >= 15 is 0 Å². The van der Waals surface area contributed by atoms with Crippen LogP contribution in [-0.2, 0) is 4.79 Å². The molecule has 0 aliphatic carbocycles. The van der Waals surface area contributed by atoms with E-state index in [1.54, 1.807) is 12.1 Å². The third-order valence-corrected chi connectivity index (χ3v) is 2.97. The number of nitrogens with one attached hydrogen (secondary N) is 2. The lowest BCUT2D eigenvalue weighted by Gasteiger charge is -2.25. The number of amides is 3. The number of likely N-dealkylation sites (tertiary alicyclic amines) is 1. The summed E-state index contributed by atoms with van der Waals surface area (Å²) in [5, 5.41) is 5.90. The van der Waals surface area contributed by atoms with Crippen molar-refractivity contribution in [1.29, 1.82) is 0 Å². The van der Waals surface area contributed by atoms with Crippen molar-refractivity contribution in [2.24, 2.45) is 5.10 Å². The topological polar surface area (TPSA) is 86.9 Å². The van der Waals surface area contributed by atoms with Crippen LogP contribution in [0.3, 0.4) is 0 Å². The van der Waals surface area contributed by atoms with Crippen LogP contribution in [0.2, 0.25) is 0 Å². The Bertz CT molecular complexity index is 464. The summed E-state index contributed by atoms with van der Waals surface area (Å²) in [6, 6.07) is 2.77. The van der Waals surface area contributed by atoms with Gasteiger partial charge in [0.05, 0.1) is 19.0 Å². The van der Waals surface area contributed by atoms with Gasteiger partial charge < -0.3 is 4.42 Å². The molecule has 0 spiro atoms. The number of furan rings is 1. The summed E-state index contributed by atoms with van der Waals surface area (Å²) >= 11 is 0. The zero-order chi connectivity index (χ0) is 14.2. The van der Waals surface area contributed by atoms with Crippen LogP contribution < -0.4 is 10.7 Å². The summed E-state index contributed by atoms with van der Waals surface area (Å²) in [6.45, 7) is 2.06. The second kappa shape index (κ2) is 7.44. The van der Waals surface area contributed by atoms with Gasteiger partial charge in [-0.2, -0.15) is 5.10 Å². The minimum atomic E-state index is -0.644. The van der Waals surface area contributed by atoms with Gasteiger partial charge in [0.25, 0.3) is 0 Å². The van der Waals surface area contributed by atoms with E-state index in [2.05, 4.69) is 15.8 Å². The summed E-state index contributed by atoms with van der Waals surface area (Å²) < 4.78 is 5.00. The van der Waals surface area contributed by atoms with Crippen LogP contribution in [0.15, 0.2) is 27.9 Å². The number of urea groups is 1. The molecule has 7 nitrogen and oxygen atoms in total. The van der Waals surface area contributed by atoms with Gasteiger partial charge in [-0.3, -0.25) is 15.0 Å². The van der Waals surface area contributed by atoms with Crippen LogP contribution in [0.4, 0.5) is 4.79 Å². The lowest BCUT2D eigenvalue weighted by molar-refractivity contribution is -0.121. The first-order chi connectivity index (χ1) is 9.74. The third kappa shape index (κ3) is 4.85. The molecule has 108 valence electrons. The highest BCUT2D eigenvalue weighted by molar-refractivity contribution is 5.95. The summed E-state index contributed by atoms with van der Waals surface area (Å²) in [5.41, 5.74) is 2.21. The Kier molecular flexibility index (Phi) is 5.31. The molecule has 1 fully saturated rings. The maximum Gasteiger partial charge on any atom is 0.341 e. The summed E-state index contributed by atoms with van der Waals surface area (Å²) in [5.74, 6) is 0.197. The first kappa shape index (κ1) is 14.3. The van der Waals surface area contributed by atoms with Crippen molar-refractivity contribution in [1.82, 2.24) is 15.6 Å². The Morgan fingerprint density at radius 1 is 1.35 bits per heavy atom. The van der Waals surface area contributed by atoms with Crippen molar-refractivity contribution in [3.63, 3.8) is 0 Å². The van der Waals surface area contributed by atoms with E-state index in [0.29, 0.717) is 5.76 Å². The highest BCUT2D eigenvalue weighted by Gasteiger charge is 2.15. The fourth-order valence-electron chi connectivity index (χ4n) is 2.03. The molecule has 2 rings (SSSR count). The molecule has 7 heteroatoms. The molecule has 0 radical (unpaired) electrons. The van der Waals surface area contributed by atoms with Crippen LogP contribution in [-0.4, -0.2) is 42.7 Å². The molecule has 1 aromatic rings. The van der Waals surface area contributed by atoms with Crippen molar-refractivity contribution in [3.05, 3.63) is 24.2 Å². The minimum Gasteiger partial charge on any atom is -0.463 e. The van der Waals surface area contributed by atoms with Crippen LogP contribution >= 0.6 is 0 Å². The van der Waals surface area contributed by atoms with Crippen LogP contribution in [0.5, 0.6) is 0 Å². The number of carbonyl (C=O) groups is 2. The predicted molar refractivity (Wildman–Crippen MR) is 73.3 cm³/mol. The molecule has 0 saturated carbocycles. The Balaban J connectivity index is 1.66. The first-order valence-electron chi connectivity index (χ1n) is 6.63. The summed E-state index contributed by atoms with van der Waals surface area (Å²) in [4.78, 5) is 25.1. The van der Waals surface area contributed by atoms with Gasteiger partial charge in [-0.25, -0.2) is 10.2 Å². The van der Waals surface area contributed by atoms with Crippen molar-refractivity contribution in [3.8, 4) is 0 Å². The smallest absolute Gasteiger partial charge is 0.341 e. The van der Waals surface area contributed by atoms with Gasteiger partial charge in [0, 0.05) is 0 Å². The van der Waals surface area contributed by atoms with Gasteiger partial charge in [-0.15, -0.1) is 0 Å². The Morgan fingerprint density at radius 3 is 2.85 bits per heavy atom. The number of carbonyl (C=O) groups excluding carboxylic acids is 2. The molecule has 0 aromatic carbocycles. The summed E-state index contributed by atoms with van der Waals surface area (Å²) in [6.07, 6.45) is 6.28. The van der Waals surface area contributed by atoms with E-state index in [0.717, 1.165) is 25.9 Å². The van der Waals surface area contributed by atoms with Gasteiger partial charge in [-0.1, -0.05) is 6.42 Å². The van der Waals surface area contributed by atoms with Crippen LogP contribution in [0, 0.1) is 0 Å². The molecular weight excluding hydrogens is 260 g/mol. The second-order valence-electron chi connectivity index (χ2n) is 4.60. The second-order valence-corrected chi connectivity index (χ2v) is 4.60. The number of nitrogens with zero attached hydrogens (tertiary/aromatic N) is 2. The molecule has 1 aliphatic rings. The molecule has 0 bridgehead atoms. The summed E-state index contributed by atoms with van der Waals surface area (Å²) in [7, 11) is 0. The number of imide groups is 1. The van der Waals surface area contributed by atoms with Crippen molar-refractivity contribution >= 4 is 18.2 Å². The molecule has 0 unspecified atom stereocenters. The van der Waals surface area contributed by atoms with Gasteiger partial charge in [-0.05, 0) is 38.1 Å². The van der Waals surface area contributed by atoms with E-state index < -0.39 is 6.03 Å². The maximum absolute atomic E-state index is 11.6. The molecule has 0 atom stereocenters. The third-order valence-electron chi connectivity index (χ3n) is 2.97. The highest BCUT2D eigenvalue weighted by atomic mass is 16.3. The van der Waals surface area contributed by atoms with Crippen LogP contribution in [0.1, 0.15) is 25.0 Å². The van der Waals surface area contributed by atoms with Crippen molar-refractivity contribution in [2.45, 2.75) is 19.3 Å². The Labute approximate surface area is 117 Å². The predicted octanol–water partition coefficient (Wildman–Crippen LogP) is 0.925. The number of piperidine rings is 1. The normalized spacial score (nSPS) is 16.2. The largest absolute Gasteiger partial charge is 0.463 e. The lowest BCUT2D eigenvalue weighted by atomic mass is 10.1. The fourth-order valence-corrected chi connectivity index (χ4v) is 2.03. The number of rotatable bonds is 4. The fraction of sp³-hybridized carbons (Fsp3) is 0.462. The van der Waals surface area contributed by atoms with Gasteiger partial charge in [0.1, 0.15) is 5.76 Å². The van der Waals surface area contributed by atoms with Gasteiger partial charge >= 0.3 is 6.03 Å². The van der Waals surface area contributed by atoms with Crippen molar-refractivity contribution < 1.29 is 14.0 Å². The molecule has 3 amide bonds. The van der Waals surface area contributed by atoms with Crippen molar-refractivity contribution in [2.75, 3.05) is 19.6 Å².